The van der Waals surface area contributed by atoms with Crippen molar-refractivity contribution < 1.29 is 42.0 Å². The number of benzene rings is 2. The first kappa shape index (κ1) is 31.9. The first-order valence-electron chi connectivity index (χ1n) is 13.6. The van der Waals surface area contributed by atoms with Gasteiger partial charge in [0.15, 0.2) is 0 Å². The fourth-order valence-corrected chi connectivity index (χ4v) is 5.15. The molecule has 0 spiro atoms. The van der Waals surface area contributed by atoms with Gasteiger partial charge in [-0.2, -0.15) is 13.2 Å². The summed E-state index contributed by atoms with van der Waals surface area (Å²) in [5, 5.41) is 25.8. The standard InChI is InChI=1S/C30H34F4N4O5/c1-42-17-21(39)15-37-12-10-25(23(31)16-37)36-24-6-3-7-27-22(24)14-20(38(27)18-30(32,33)34)5-4-11-35-26-9-8-19(29(40)41)13-28(26)43-2/h3,6-9,13-14,21,23,25,35-36,39H,10-12,15-18H2,1-2H3,(H,40,41)/t21-,23+,25+/m1/s1. The Labute approximate surface area is 246 Å². The van der Waals surface area contributed by atoms with Gasteiger partial charge < -0.3 is 34.9 Å². The third-order valence-electron chi connectivity index (χ3n) is 7.11. The van der Waals surface area contributed by atoms with Gasteiger partial charge in [-0.15, -0.1) is 0 Å². The molecule has 4 N–H and O–H groups in total. The molecule has 2 heterocycles. The van der Waals surface area contributed by atoms with Crippen LogP contribution in [0.1, 0.15) is 22.5 Å². The predicted molar refractivity (Wildman–Crippen MR) is 155 cm³/mol. The Morgan fingerprint density at radius 1 is 1.19 bits per heavy atom. The van der Waals surface area contributed by atoms with Crippen molar-refractivity contribution in [1.82, 2.24) is 9.47 Å². The maximum absolute atomic E-state index is 15.1. The number of carbonyl (C=O) groups is 1. The van der Waals surface area contributed by atoms with Crippen molar-refractivity contribution in [2.24, 2.45) is 0 Å². The number of aromatic nitrogens is 1. The molecule has 1 aliphatic rings. The minimum absolute atomic E-state index is 0.0417. The minimum Gasteiger partial charge on any atom is -0.495 e. The Hall–Kier alpha value is -3.99. The molecule has 1 aromatic heterocycles. The van der Waals surface area contributed by atoms with Gasteiger partial charge in [0.1, 0.15) is 18.5 Å². The molecule has 2 aromatic carbocycles. The number of hydrogen-bond acceptors (Lipinski definition) is 7. The number of carboxylic acids is 1. The van der Waals surface area contributed by atoms with Gasteiger partial charge >= 0.3 is 12.1 Å². The Morgan fingerprint density at radius 3 is 2.65 bits per heavy atom. The molecule has 3 atom stereocenters. The Bertz CT molecular complexity index is 1480. The highest BCUT2D eigenvalue weighted by Gasteiger charge is 2.32. The Balaban J connectivity index is 1.53. The number of likely N-dealkylation sites (tertiary alicyclic amines) is 1. The summed E-state index contributed by atoms with van der Waals surface area (Å²) in [5.74, 6) is 4.81. The number of carboxylic acid groups (broad SMARTS) is 1. The fourth-order valence-electron chi connectivity index (χ4n) is 5.15. The van der Waals surface area contributed by atoms with Crippen molar-refractivity contribution >= 4 is 28.2 Å². The summed E-state index contributed by atoms with van der Waals surface area (Å²) in [7, 11) is 2.87. The minimum atomic E-state index is -4.51. The van der Waals surface area contributed by atoms with Crippen LogP contribution in [0.3, 0.4) is 0 Å². The van der Waals surface area contributed by atoms with E-state index in [0.717, 1.165) is 4.57 Å². The van der Waals surface area contributed by atoms with Crippen LogP contribution in [0.5, 0.6) is 5.75 Å². The predicted octanol–water partition coefficient (Wildman–Crippen LogP) is 4.21. The number of aliphatic hydroxyl groups excluding tert-OH is 1. The van der Waals surface area contributed by atoms with E-state index in [9.17, 15) is 23.1 Å². The summed E-state index contributed by atoms with van der Waals surface area (Å²) in [4.78, 5) is 13.0. The van der Waals surface area contributed by atoms with Gasteiger partial charge in [-0.25, -0.2) is 9.18 Å². The number of nitrogens with one attached hydrogen (secondary N) is 2. The lowest BCUT2D eigenvalue weighted by atomic mass is 10.0. The highest BCUT2D eigenvalue weighted by Crippen LogP contribution is 2.32. The van der Waals surface area contributed by atoms with Gasteiger partial charge in [-0.1, -0.05) is 12.0 Å². The zero-order valence-electron chi connectivity index (χ0n) is 23.7. The zero-order chi connectivity index (χ0) is 31.1. The Morgan fingerprint density at radius 2 is 1.98 bits per heavy atom. The highest BCUT2D eigenvalue weighted by molar-refractivity contribution is 5.94. The van der Waals surface area contributed by atoms with Crippen LogP contribution in [0.15, 0.2) is 42.5 Å². The van der Waals surface area contributed by atoms with Crippen molar-refractivity contribution in [3.8, 4) is 17.6 Å². The average Bonchev–Trinajstić information content (AvgIpc) is 3.29. The number of piperidine rings is 1. The van der Waals surface area contributed by atoms with Crippen LogP contribution >= 0.6 is 0 Å². The molecule has 0 radical (unpaired) electrons. The van der Waals surface area contributed by atoms with Gasteiger partial charge in [-0.3, -0.25) is 4.90 Å². The largest absolute Gasteiger partial charge is 0.495 e. The lowest BCUT2D eigenvalue weighted by molar-refractivity contribution is -0.140. The first-order valence-corrected chi connectivity index (χ1v) is 13.6. The van der Waals surface area contributed by atoms with Crippen molar-refractivity contribution in [1.29, 1.82) is 0 Å². The molecule has 43 heavy (non-hydrogen) atoms. The third-order valence-corrected chi connectivity index (χ3v) is 7.11. The molecule has 13 heteroatoms. The molecule has 1 saturated heterocycles. The van der Waals surface area contributed by atoms with E-state index in [4.69, 9.17) is 14.6 Å². The molecular weight excluding hydrogens is 572 g/mol. The molecule has 4 rings (SSSR count). The first-order chi connectivity index (χ1) is 20.5. The molecular formula is C30H34F4N4O5. The average molecular weight is 607 g/mol. The topological polar surface area (TPSA) is 108 Å². The quantitative estimate of drug-likeness (QED) is 0.190. The van der Waals surface area contributed by atoms with Crippen molar-refractivity contribution in [2.45, 2.75) is 37.5 Å². The number of anilines is 2. The van der Waals surface area contributed by atoms with E-state index in [2.05, 4.69) is 22.5 Å². The van der Waals surface area contributed by atoms with Crippen LogP contribution in [-0.2, 0) is 11.3 Å². The number of fused-ring (bicyclic) bond motifs is 1. The summed E-state index contributed by atoms with van der Waals surface area (Å²) in [6.45, 7) is -0.123. The molecule has 232 valence electrons. The van der Waals surface area contributed by atoms with Crippen molar-refractivity contribution in [2.75, 3.05) is 57.6 Å². The fraction of sp³-hybridized carbons (Fsp3) is 0.433. The van der Waals surface area contributed by atoms with Crippen LogP contribution in [0.2, 0.25) is 0 Å². The second-order valence-corrected chi connectivity index (χ2v) is 10.3. The number of methoxy groups -OCH3 is 2. The zero-order valence-corrected chi connectivity index (χ0v) is 23.7. The number of alkyl halides is 4. The van der Waals surface area contributed by atoms with E-state index in [0.29, 0.717) is 35.2 Å². The maximum atomic E-state index is 15.1. The second kappa shape index (κ2) is 14.0. The summed E-state index contributed by atoms with van der Waals surface area (Å²) in [5.41, 5.74) is 1.46. The van der Waals surface area contributed by atoms with E-state index < -0.39 is 37.0 Å². The van der Waals surface area contributed by atoms with Crippen LogP contribution < -0.4 is 15.4 Å². The van der Waals surface area contributed by atoms with Gasteiger partial charge in [0, 0.05) is 37.8 Å². The Kier molecular flexibility index (Phi) is 10.4. The smallest absolute Gasteiger partial charge is 0.406 e. The van der Waals surface area contributed by atoms with Crippen molar-refractivity contribution in [3.63, 3.8) is 0 Å². The van der Waals surface area contributed by atoms with Gasteiger partial charge in [0.2, 0.25) is 0 Å². The van der Waals surface area contributed by atoms with E-state index >= 15 is 4.39 Å². The number of hydrogen-bond donors (Lipinski definition) is 4. The number of β-amino-alcohol motifs (C(OH)–C–C–N with tert-alkyl or cyclic N) is 1. The van der Waals surface area contributed by atoms with Crippen LogP contribution in [0.4, 0.5) is 28.9 Å². The van der Waals surface area contributed by atoms with Gasteiger partial charge in [-0.05, 0) is 48.7 Å². The number of nitrogens with zero attached hydrogens (tertiary/aromatic N) is 2. The number of aliphatic hydroxyl groups is 1. The van der Waals surface area contributed by atoms with E-state index in [-0.39, 0.29) is 43.2 Å². The van der Waals surface area contributed by atoms with Crippen LogP contribution in [-0.4, -0.2) is 97.1 Å². The lowest BCUT2D eigenvalue weighted by Crippen LogP contribution is -2.50. The number of halogens is 4. The van der Waals surface area contributed by atoms with Gasteiger partial charge in [0.25, 0.3) is 0 Å². The monoisotopic (exact) mass is 606 g/mol. The number of aromatic carboxylic acids is 1. The SMILES string of the molecule is COC[C@H](O)CN1CC[C@H](Nc2cccc3c2cc(C#CCNc2ccc(C(=O)O)cc2OC)n3CC(F)(F)F)[C@@H](F)C1. The molecule has 0 bridgehead atoms. The van der Waals surface area contributed by atoms with E-state index in [1.807, 2.05) is 4.90 Å². The van der Waals surface area contributed by atoms with Crippen LogP contribution in [0, 0.1) is 11.8 Å². The molecule has 0 aliphatic carbocycles. The molecule has 0 amide bonds. The van der Waals surface area contributed by atoms with E-state index in [1.165, 1.54) is 32.4 Å². The summed E-state index contributed by atoms with van der Waals surface area (Å²) < 4.78 is 67.1. The maximum Gasteiger partial charge on any atom is 0.406 e. The van der Waals surface area contributed by atoms with Crippen LogP contribution in [0.25, 0.3) is 10.9 Å². The van der Waals surface area contributed by atoms with E-state index in [1.54, 1.807) is 24.3 Å². The lowest BCUT2D eigenvalue weighted by Gasteiger charge is -2.36. The third kappa shape index (κ3) is 8.31. The molecule has 1 fully saturated rings. The molecule has 0 saturated carbocycles. The van der Waals surface area contributed by atoms with Gasteiger partial charge in [0.05, 0.1) is 54.9 Å². The molecule has 1 aliphatic heterocycles. The summed E-state index contributed by atoms with van der Waals surface area (Å²) in [6.07, 6.45) is -6.05. The number of rotatable bonds is 11. The molecule has 0 unspecified atom stereocenters. The molecule has 3 aromatic rings. The van der Waals surface area contributed by atoms with Crippen molar-refractivity contribution in [3.05, 3.63) is 53.7 Å². The number of ether oxygens (including phenoxy) is 2. The molecule has 9 nitrogen and oxygen atoms in total. The second-order valence-electron chi connectivity index (χ2n) is 10.3. The highest BCUT2D eigenvalue weighted by atomic mass is 19.4. The summed E-state index contributed by atoms with van der Waals surface area (Å²) >= 11 is 0. The summed E-state index contributed by atoms with van der Waals surface area (Å²) in [6, 6.07) is 10.2. The normalized spacial score (nSPS) is 18.1.